The molecule has 1 aliphatic heterocycles. The zero-order valence-electron chi connectivity index (χ0n) is 17.3. The molecular formula is C24H22ClN3O2S. The van der Waals surface area contributed by atoms with Gasteiger partial charge in [-0.05, 0) is 43.7 Å². The molecule has 1 N–H and O–H groups in total. The molecule has 0 atom stereocenters. The minimum Gasteiger partial charge on any atom is -0.486 e. The van der Waals surface area contributed by atoms with Crippen LogP contribution in [0.25, 0.3) is 11.3 Å². The Morgan fingerprint density at radius 2 is 1.87 bits per heavy atom. The van der Waals surface area contributed by atoms with E-state index in [0.717, 1.165) is 50.7 Å². The lowest BCUT2D eigenvalue weighted by atomic mass is 10.2. The molecule has 5 nitrogen and oxygen atoms in total. The Hall–Kier alpha value is -2.96. The second kappa shape index (κ2) is 8.29. The second-order valence-electron chi connectivity index (χ2n) is 7.48. The standard InChI is InChI=1S/C24H22ClN3O2S/c1-15-11-19(16(2)28(15)13-17-5-3-4-6-20(17)25)21-14-31-24(27-21)26-18-7-8-22-23(12-18)30-10-9-29-22/h3-8,11-12,14H,9-10,13H2,1-2H3,(H,26,27). The smallest absolute Gasteiger partial charge is 0.187 e. The van der Waals surface area contributed by atoms with Crippen LogP contribution in [0.15, 0.2) is 53.9 Å². The molecule has 0 saturated carbocycles. The number of rotatable bonds is 5. The molecule has 0 saturated heterocycles. The molecule has 0 unspecified atom stereocenters. The first-order valence-corrected chi connectivity index (χ1v) is 11.4. The number of anilines is 2. The number of aromatic nitrogens is 2. The SMILES string of the molecule is Cc1cc(-c2csc(Nc3ccc4c(c3)OCCO4)n2)c(C)n1Cc1ccccc1Cl. The van der Waals surface area contributed by atoms with Crippen molar-refractivity contribution in [2.24, 2.45) is 0 Å². The number of aryl methyl sites for hydroxylation is 1. The monoisotopic (exact) mass is 451 g/mol. The number of fused-ring (bicyclic) bond motifs is 1. The van der Waals surface area contributed by atoms with Gasteiger partial charge in [0, 0.05) is 45.7 Å². The quantitative estimate of drug-likeness (QED) is 0.379. The average molecular weight is 452 g/mol. The molecule has 0 radical (unpaired) electrons. The summed E-state index contributed by atoms with van der Waals surface area (Å²) in [6.07, 6.45) is 0. The van der Waals surface area contributed by atoms with E-state index in [2.05, 4.69) is 41.2 Å². The average Bonchev–Trinajstić information content (AvgIpc) is 3.34. The third kappa shape index (κ3) is 4.01. The maximum Gasteiger partial charge on any atom is 0.187 e. The van der Waals surface area contributed by atoms with Crippen LogP contribution in [0.2, 0.25) is 5.02 Å². The van der Waals surface area contributed by atoms with Gasteiger partial charge in [0.05, 0.1) is 5.69 Å². The van der Waals surface area contributed by atoms with E-state index in [-0.39, 0.29) is 0 Å². The lowest BCUT2D eigenvalue weighted by molar-refractivity contribution is 0.171. The van der Waals surface area contributed by atoms with Crippen molar-refractivity contribution in [2.45, 2.75) is 20.4 Å². The predicted octanol–water partition coefficient (Wildman–Crippen LogP) is 6.44. The molecule has 0 amide bonds. The molecule has 158 valence electrons. The Bertz CT molecular complexity index is 1250. The van der Waals surface area contributed by atoms with Crippen molar-refractivity contribution in [3.63, 3.8) is 0 Å². The van der Waals surface area contributed by atoms with Crippen LogP contribution in [-0.4, -0.2) is 22.8 Å². The van der Waals surface area contributed by atoms with Gasteiger partial charge in [-0.1, -0.05) is 29.8 Å². The van der Waals surface area contributed by atoms with E-state index in [1.165, 1.54) is 11.4 Å². The number of halogens is 1. The van der Waals surface area contributed by atoms with Gasteiger partial charge in [-0.15, -0.1) is 11.3 Å². The van der Waals surface area contributed by atoms with E-state index in [4.69, 9.17) is 26.1 Å². The lowest BCUT2D eigenvalue weighted by Crippen LogP contribution is -2.15. The van der Waals surface area contributed by atoms with Crippen LogP contribution in [-0.2, 0) is 6.54 Å². The van der Waals surface area contributed by atoms with Gasteiger partial charge in [0.15, 0.2) is 16.6 Å². The number of benzene rings is 2. The maximum absolute atomic E-state index is 6.38. The van der Waals surface area contributed by atoms with Gasteiger partial charge in [0.1, 0.15) is 13.2 Å². The van der Waals surface area contributed by atoms with Crippen LogP contribution < -0.4 is 14.8 Å². The maximum atomic E-state index is 6.38. The van der Waals surface area contributed by atoms with Crippen molar-refractivity contribution in [2.75, 3.05) is 18.5 Å². The zero-order chi connectivity index (χ0) is 21.4. The molecule has 31 heavy (non-hydrogen) atoms. The van der Waals surface area contributed by atoms with Crippen molar-refractivity contribution in [1.29, 1.82) is 0 Å². The fourth-order valence-corrected chi connectivity index (χ4v) is 4.73. The number of ether oxygens (including phenoxy) is 2. The summed E-state index contributed by atoms with van der Waals surface area (Å²) in [6.45, 7) is 6.15. The first-order chi connectivity index (χ1) is 15.1. The summed E-state index contributed by atoms with van der Waals surface area (Å²) in [6, 6.07) is 16.0. The number of hydrogen-bond donors (Lipinski definition) is 1. The molecule has 2 aromatic carbocycles. The highest BCUT2D eigenvalue weighted by molar-refractivity contribution is 7.14. The summed E-state index contributed by atoms with van der Waals surface area (Å²) < 4.78 is 13.5. The largest absolute Gasteiger partial charge is 0.486 e. The van der Waals surface area contributed by atoms with E-state index in [9.17, 15) is 0 Å². The number of hydrogen-bond acceptors (Lipinski definition) is 5. The number of nitrogens with one attached hydrogen (secondary N) is 1. The Morgan fingerprint density at radius 3 is 2.71 bits per heavy atom. The molecular weight excluding hydrogens is 430 g/mol. The molecule has 3 heterocycles. The van der Waals surface area contributed by atoms with Crippen molar-refractivity contribution in [3.05, 3.63) is 75.9 Å². The number of nitrogens with zero attached hydrogens (tertiary/aromatic N) is 2. The molecule has 0 fully saturated rings. The lowest BCUT2D eigenvalue weighted by Gasteiger charge is -2.18. The number of thiazole rings is 1. The summed E-state index contributed by atoms with van der Waals surface area (Å²) in [7, 11) is 0. The Morgan fingerprint density at radius 1 is 1.06 bits per heavy atom. The van der Waals surface area contributed by atoms with Crippen molar-refractivity contribution in [1.82, 2.24) is 9.55 Å². The second-order valence-corrected chi connectivity index (χ2v) is 8.75. The molecule has 5 rings (SSSR count). The van der Waals surface area contributed by atoms with Crippen LogP contribution in [0, 0.1) is 13.8 Å². The van der Waals surface area contributed by atoms with E-state index in [1.54, 1.807) is 11.3 Å². The van der Waals surface area contributed by atoms with Crippen LogP contribution in [0.3, 0.4) is 0 Å². The highest BCUT2D eigenvalue weighted by atomic mass is 35.5. The van der Waals surface area contributed by atoms with E-state index >= 15 is 0 Å². The molecule has 4 aromatic rings. The third-order valence-electron chi connectivity index (χ3n) is 5.43. The molecule has 0 aliphatic carbocycles. The zero-order valence-corrected chi connectivity index (χ0v) is 18.9. The Kier molecular flexibility index (Phi) is 5.34. The minimum absolute atomic E-state index is 0.571. The summed E-state index contributed by atoms with van der Waals surface area (Å²) in [5, 5.41) is 7.09. The van der Waals surface area contributed by atoms with Gasteiger partial charge >= 0.3 is 0 Å². The van der Waals surface area contributed by atoms with E-state index in [1.807, 2.05) is 36.4 Å². The fourth-order valence-electron chi connectivity index (χ4n) is 3.80. The van der Waals surface area contributed by atoms with Gasteiger partial charge in [-0.2, -0.15) is 0 Å². The van der Waals surface area contributed by atoms with Crippen molar-refractivity contribution < 1.29 is 9.47 Å². The topological polar surface area (TPSA) is 48.3 Å². The van der Waals surface area contributed by atoms with Gasteiger partial charge in [0.25, 0.3) is 0 Å². The van der Waals surface area contributed by atoms with Crippen molar-refractivity contribution in [3.8, 4) is 22.8 Å². The van der Waals surface area contributed by atoms with Gasteiger partial charge in [-0.3, -0.25) is 0 Å². The molecule has 7 heteroatoms. The van der Waals surface area contributed by atoms with Crippen molar-refractivity contribution >= 4 is 33.8 Å². The Labute approximate surface area is 190 Å². The molecule has 1 aliphatic rings. The van der Waals surface area contributed by atoms with Gasteiger partial charge < -0.3 is 19.4 Å². The van der Waals surface area contributed by atoms with Crippen LogP contribution in [0.1, 0.15) is 17.0 Å². The molecule has 0 spiro atoms. The van der Waals surface area contributed by atoms with E-state index in [0.29, 0.717) is 13.2 Å². The summed E-state index contributed by atoms with van der Waals surface area (Å²) in [5.74, 6) is 1.54. The van der Waals surface area contributed by atoms with Crippen LogP contribution >= 0.6 is 22.9 Å². The predicted molar refractivity (Wildman–Crippen MR) is 126 cm³/mol. The normalized spacial score (nSPS) is 12.7. The van der Waals surface area contributed by atoms with Crippen LogP contribution in [0.5, 0.6) is 11.5 Å². The highest BCUT2D eigenvalue weighted by Gasteiger charge is 2.16. The molecule has 2 aromatic heterocycles. The first-order valence-electron chi connectivity index (χ1n) is 10.1. The fraction of sp³-hybridized carbons (Fsp3) is 0.208. The first kappa shape index (κ1) is 20.0. The van der Waals surface area contributed by atoms with Gasteiger partial charge in [0.2, 0.25) is 0 Å². The highest BCUT2D eigenvalue weighted by Crippen LogP contribution is 2.35. The van der Waals surface area contributed by atoms with E-state index < -0.39 is 0 Å². The summed E-state index contributed by atoms with van der Waals surface area (Å²) in [5.41, 5.74) is 6.49. The van der Waals surface area contributed by atoms with Gasteiger partial charge in [-0.25, -0.2) is 4.98 Å². The molecule has 0 bridgehead atoms. The van der Waals surface area contributed by atoms with Crippen LogP contribution in [0.4, 0.5) is 10.8 Å². The Balaban J connectivity index is 1.38. The minimum atomic E-state index is 0.571. The summed E-state index contributed by atoms with van der Waals surface area (Å²) >= 11 is 7.96. The summed E-state index contributed by atoms with van der Waals surface area (Å²) in [4.78, 5) is 4.82. The third-order valence-corrected chi connectivity index (χ3v) is 6.56.